The number of nitrogens with zero attached hydrogens (tertiary/aromatic N) is 4. The van der Waals surface area contributed by atoms with Crippen LogP contribution in [0.5, 0.6) is 0 Å². The summed E-state index contributed by atoms with van der Waals surface area (Å²) in [5, 5.41) is 5.01. The molecule has 0 saturated carbocycles. The number of para-hydroxylation sites is 2. The quantitative estimate of drug-likeness (QED) is 0.117. The van der Waals surface area contributed by atoms with E-state index in [4.69, 9.17) is 9.98 Å². The number of benzene rings is 7. The van der Waals surface area contributed by atoms with E-state index in [-0.39, 0.29) is 0 Å². The fourth-order valence-electron chi connectivity index (χ4n) is 7.43. The van der Waals surface area contributed by atoms with E-state index in [9.17, 15) is 0 Å². The first-order valence-corrected chi connectivity index (χ1v) is 18.8. The summed E-state index contributed by atoms with van der Waals surface area (Å²) >= 11 is 0. The predicted octanol–water partition coefficient (Wildman–Crippen LogP) is 10.6. The van der Waals surface area contributed by atoms with Gasteiger partial charge in [-0.2, -0.15) is 0 Å². The average molecular weight is 711 g/mol. The van der Waals surface area contributed by atoms with Crippen LogP contribution in [-0.4, -0.2) is 29.5 Å². The number of hydrogen-bond donors (Lipinski definition) is 0. The summed E-state index contributed by atoms with van der Waals surface area (Å²) in [6, 6.07) is 63.8. The summed E-state index contributed by atoms with van der Waals surface area (Å²) < 4.78 is 2.37. The fraction of sp³-hybridized carbons (Fsp3) is 0.0784. The van der Waals surface area contributed by atoms with Crippen LogP contribution in [0.15, 0.2) is 197 Å². The fourth-order valence-corrected chi connectivity index (χ4v) is 7.43. The van der Waals surface area contributed by atoms with Gasteiger partial charge in [0.1, 0.15) is 0 Å². The van der Waals surface area contributed by atoms with Crippen molar-refractivity contribution in [2.24, 2.45) is 15.0 Å². The van der Waals surface area contributed by atoms with Crippen LogP contribution >= 0.6 is 0 Å². The van der Waals surface area contributed by atoms with E-state index >= 15 is 0 Å². The van der Waals surface area contributed by atoms with E-state index in [2.05, 4.69) is 145 Å². The zero-order valence-corrected chi connectivity index (χ0v) is 31.4. The van der Waals surface area contributed by atoms with E-state index < -0.39 is 0 Å². The second kappa shape index (κ2) is 16.0. The van der Waals surface area contributed by atoms with Gasteiger partial charge in [0.15, 0.2) is 11.7 Å². The van der Waals surface area contributed by atoms with E-state index in [1.54, 1.807) is 7.05 Å². The van der Waals surface area contributed by atoms with Gasteiger partial charge in [0, 0.05) is 40.8 Å². The molecule has 266 valence electrons. The molecule has 7 aromatic carbocycles. The van der Waals surface area contributed by atoms with Crippen molar-refractivity contribution >= 4 is 50.8 Å². The van der Waals surface area contributed by atoms with Crippen molar-refractivity contribution in [2.75, 3.05) is 7.05 Å². The smallest absolute Gasteiger partial charge is 0.161 e. The van der Waals surface area contributed by atoms with Crippen LogP contribution in [0.4, 0.5) is 0 Å². The Morgan fingerprint density at radius 3 is 1.64 bits per heavy atom. The molecule has 0 saturated heterocycles. The summed E-state index contributed by atoms with van der Waals surface area (Å²) in [5.41, 5.74) is 11.4. The minimum absolute atomic E-state index is 0.609. The first-order valence-electron chi connectivity index (χ1n) is 18.8. The molecule has 0 aliphatic rings. The molecule has 1 aromatic heterocycles. The highest BCUT2D eigenvalue weighted by Crippen LogP contribution is 2.32. The Balaban J connectivity index is 1.15. The highest BCUT2D eigenvalue weighted by Gasteiger charge is 2.13. The van der Waals surface area contributed by atoms with Gasteiger partial charge in [-0.15, -0.1) is 0 Å². The molecular weight excluding hydrogens is 669 g/mol. The van der Waals surface area contributed by atoms with Crippen molar-refractivity contribution in [3.8, 4) is 5.69 Å². The van der Waals surface area contributed by atoms with Crippen LogP contribution in [-0.2, 0) is 0 Å². The average Bonchev–Trinajstić information content (AvgIpc) is 3.59. The number of amidine groups is 2. The van der Waals surface area contributed by atoms with Crippen LogP contribution in [0.3, 0.4) is 0 Å². The van der Waals surface area contributed by atoms with Gasteiger partial charge in [0.25, 0.3) is 0 Å². The highest BCUT2D eigenvalue weighted by molar-refractivity contribution is 6.14. The summed E-state index contributed by atoms with van der Waals surface area (Å²) in [6.45, 7) is 4.47. The lowest BCUT2D eigenvalue weighted by Crippen LogP contribution is -2.29. The molecule has 0 aliphatic carbocycles. The normalized spacial score (nSPS) is 13.4. The second-order valence-corrected chi connectivity index (χ2v) is 13.5. The lowest BCUT2D eigenvalue weighted by atomic mass is 9.96. The van der Waals surface area contributed by atoms with Gasteiger partial charge in [0.05, 0.1) is 11.0 Å². The number of rotatable bonds is 7. The molecule has 0 N–H and O–H groups in total. The van der Waals surface area contributed by atoms with E-state index in [1.165, 1.54) is 54.5 Å². The zero-order valence-electron chi connectivity index (χ0n) is 31.4. The topological polar surface area (TPSA) is 42.0 Å². The molecular formula is C51H42N4. The minimum Gasteiger partial charge on any atom is -0.309 e. The Morgan fingerprint density at radius 2 is 1.02 bits per heavy atom. The van der Waals surface area contributed by atoms with E-state index in [1.807, 2.05) is 66.9 Å². The standard InChI is InChI=1S/C51H42N4/c1-4-43(39-27-29-41(30-28-39)50(52-3)54-51(40-19-9-6-10-20-40)53-35-37-17-7-5-8-18-37)45-22-12-11-21-44(45)36(2)38-31-33-42(34-32-38)55-48-25-15-13-23-46(48)47-24-14-16-26-49(47)55/h5-35H,4H2,1-3H3/b44-36+,45-43+,52-50?,53-35?,54-51?. The van der Waals surface area contributed by atoms with Crippen molar-refractivity contribution in [1.29, 1.82) is 0 Å². The van der Waals surface area contributed by atoms with E-state index in [0.717, 1.165) is 28.8 Å². The molecule has 8 rings (SSSR count). The Hall–Kier alpha value is -6.91. The van der Waals surface area contributed by atoms with Crippen LogP contribution in [0, 0.1) is 0 Å². The summed E-state index contributed by atoms with van der Waals surface area (Å²) in [5.74, 6) is 1.24. The maximum atomic E-state index is 4.98. The van der Waals surface area contributed by atoms with E-state index in [0.29, 0.717) is 11.7 Å². The first-order chi connectivity index (χ1) is 27.1. The largest absolute Gasteiger partial charge is 0.309 e. The number of aromatic nitrogens is 1. The van der Waals surface area contributed by atoms with Gasteiger partial charge < -0.3 is 4.57 Å². The summed E-state index contributed by atoms with van der Waals surface area (Å²) in [6.07, 6.45) is 2.73. The molecule has 0 spiro atoms. The van der Waals surface area contributed by atoms with Crippen molar-refractivity contribution < 1.29 is 0 Å². The number of aliphatic imine (C=N–C) groups is 3. The van der Waals surface area contributed by atoms with Crippen molar-refractivity contribution in [2.45, 2.75) is 20.3 Å². The van der Waals surface area contributed by atoms with Gasteiger partial charge >= 0.3 is 0 Å². The highest BCUT2D eigenvalue weighted by atomic mass is 15.0. The van der Waals surface area contributed by atoms with Crippen LogP contribution in [0.25, 0.3) is 38.6 Å². The summed E-state index contributed by atoms with van der Waals surface area (Å²) in [4.78, 5) is 14.4. The van der Waals surface area contributed by atoms with Crippen molar-refractivity contribution in [3.05, 3.63) is 220 Å². The molecule has 0 bridgehead atoms. The van der Waals surface area contributed by atoms with Crippen molar-refractivity contribution in [3.63, 3.8) is 0 Å². The Kier molecular flexibility index (Phi) is 10.2. The van der Waals surface area contributed by atoms with Gasteiger partial charge in [-0.1, -0.05) is 165 Å². The lowest BCUT2D eigenvalue weighted by molar-refractivity contribution is 1.18. The SMILES string of the molecule is CC/C(c1ccc(C(=NC)N=C(N=Cc2ccccc2)c2ccccc2)cc1)=c1/cccc/c1=C(/C)c1ccc(-n2c3ccccc3c3ccccc32)cc1. The maximum absolute atomic E-state index is 4.98. The first kappa shape index (κ1) is 35.1. The van der Waals surface area contributed by atoms with Crippen molar-refractivity contribution in [1.82, 2.24) is 4.57 Å². The molecule has 0 fully saturated rings. The Bertz CT molecular complexity index is 2770. The molecule has 1 heterocycles. The van der Waals surface area contributed by atoms with Gasteiger partial charge in [-0.25, -0.2) is 9.98 Å². The second-order valence-electron chi connectivity index (χ2n) is 13.5. The lowest BCUT2D eigenvalue weighted by Gasteiger charge is -2.11. The molecule has 4 heteroatoms. The number of hydrogen-bond acceptors (Lipinski definition) is 1. The molecule has 0 atom stereocenters. The minimum atomic E-state index is 0.609. The third-order valence-corrected chi connectivity index (χ3v) is 10.2. The van der Waals surface area contributed by atoms with Crippen LogP contribution in [0.2, 0.25) is 0 Å². The Morgan fingerprint density at radius 1 is 0.509 bits per heavy atom. The van der Waals surface area contributed by atoms with Gasteiger partial charge in [-0.3, -0.25) is 4.99 Å². The molecule has 8 aromatic rings. The zero-order chi connectivity index (χ0) is 37.6. The third-order valence-electron chi connectivity index (χ3n) is 10.2. The molecule has 55 heavy (non-hydrogen) atoms. The summed E-state index contributed by atoms with van der Waals surface area (Å²) in [7, 11) is 1.78. The molecule has 0 aliphatic heterocycles. The maximum Gasteiger partial charge on any atom is 0.161 e. The van der Waals surface area contributed by atoms with Gasteiger partial charge in [-0.05, 0) is 75.9 Å². The molecule has 0 unspecified atom stereocenters. The molecule has 4 nitrogen and oxygen atoms in total. The third kappa shape index (κ3) is 7.23. The Labute approximate surface area is 322 Å². The number of fused-ring (bicyclic) bond motifs is 3. The van der Waals surface area contributed by atoms with Gasteiger partial charge in [0.2, 0.25) is 0 Å². The monoisotopic (exact) mass is 710 g/mol. The van der Waals surface area contributed by atoms with Crippen LogP contribution < -0.4 is 10.4 Å². The predicted molar refractivity (Wildman–Crippen MR) is 233 cm³/mol. The van der Waals surface area contributed by atoms with Crippen LogP contribution in [0.1, 0.15) is 48.1 Å². The molecule has 0 amide bonds. The molecule has 0 radical (unpaired) electrons.